The van der Waals surface area contributed by atoms with E-state index in [1.807, 2.05) is 61.6 Å². The monoisotopic (exact) mass is 644 g/mol. The number of carbonyl (C=O) groups excluding carboxylic acids is 1. The molecule has 0 aliphatic heterocycles. The van der Waals surface area contributed by atoms with E-state index in [-0.39, 0.29) is 5.91 Å². The maximum Gasteiger partial charge on any atom is 0.255 e. The Kier molecular flexibility index (Phi) is 11.9. The Bertz CT molecular complexity index is 881. The lowest BCUT2D eigenvalue weighted by Crippen LogP contribution is -2.24. The molecule has 0 aliphatic rings. The van der Waals surface area contributed by atoms with Gasteiger partial charge in [-0.05, 0) is 35.8 Å². The van der Waals surface area contributed by atoms with Gasteiger partial charge in [0.15, 0.2) is 0 Å². The van der Waals surface area contributed by atoms with Crippen molar-refractivity contribution in [2.45, 2.75) is 19.3 Å². The molecule has 166 valence electrons. The molecule has 5 nitrogen and oxygen atoms in total. The summed E-state index contributed by atoms with van der Waals surface area (Å²) in [7, 11) is 3.98. The highest BCUT2D eigenvalue weighted by atomic mass is 127. The summed E-state index contributed by atoms with van der Waals surface area (Å²) in [5.74, 6) is 0.711. The van der Waals surface area contributed by atoms with Crippen LogP contribution < -0.4 is 15.5 Å². The Balaban J connectivity index is 2.45. The molecule has 0 bridgehead atoms. The van der Waals surface area contributed by atoms with Crippen LogP contribution in [0.3, 0.4) is 0 Å². The van der Waals surface area contributed by atoms with E-state index in [2.05, 4.69) is 72.7 Å². The van der Waals surface area contributed by atoms with Gasteiger partial charge in [-0.15, -0.1) is 0 Å². The Hall–Kier alpha value is -1.62. The maximum absolute atomic E-state index is 13.1. The Morgan fingerprint density at radius 3 is 2.23 bits per heavy atom. The van der Waals surface area contributed by atoms with E-state index in [9.17, 15) is 4.79 Å². The highest BCUT2D eigenvalue weighted by Crippen LogP contribution is 2.34. The number of nitrogens with one attached hydrogen (secondary N) is 2. The predicted octanol–water partition coefficient (Wildman–Crippen LogP) is 6.13. The average molecular weight is 644 g/mol. The quantitative estimate of drug-likeness (QED) is 0.186. The lowest BCUT2D eigenvalue weighted by molar-refractivity contribution is 0.102. The minimum Gasteiger partial charge on any atom is -0.373 e. The summed E-state index contributed by atoms with van der Waals surface area (Å²) >= 11 is 4.80. The van der Waals surface area contributed by atoms with Crippen LogP contribution in [0.1, 0.15) is 28.8 Å². The van der Waals surface area contributed by atoms with Crippen molar-refractivity contribution in [3.8, 4) is 0 Å². The first kappa shape index (κ1) is 25.6. The maximum atomic E-state index is 13.1. The van der Waals surface area contributed by atoms with Gasteiger partial charge < -0.3 is 15.5 Å². The first-order valence-electron chi connectivity index (χ1n) is 10.3. The van der Waals surface area contributed by atoms with E-state index < -0.39 is 0 Å². The van der Waals surface area contributed by atoms with E-state index in [1.165, 1.54) is 6.42 Å². The molecule has 1 amide bonds. The van der Waals surface area contributed by atoms with Gasteiger partial charge in [0.05, 0.1) is 17.6 Å². The van der Waals surface area contributed by atoms with Crippen LogP contribution in [0.25, 0.3) is 0 Å². The molecule has 1 heterocycles. The zero-order valence-electron chi connectivity index (χ0n) is 18.1. The van der Waals surface area contributed by atoms with Crippen molar-refractivity contribution < 1.29 is 4.79 Å². The summed E-state index contributed by atoms with van der Waals surface area (Å²) < 4.78 is 2.12. The zero-order chi connectivity index (χ0) is 22.5. The molecule has 0 atom stereocenters. The summed E-state index contributed by atoms with van der Waals surface area (Å²) in [6, 6.07) is 17.0. The largest absolute Gasteiger partial charge is 0.373 e. The van der Waals surface area contributed by atoms with Crippen molar-refractivity contribution in [3.63, 3.8) is 0 Å². The van der Waals surface area contributed by atoms with Crippen LogP contribution >= 0.6 is 45.2 Å². The van der Waals surface area contributed by atoms with Gasteiger partial charge in [-0.3, -0.25) is 4.79 Å². The highest BCUT2D eigenvalue weighted by molar-refractivity contribution is 14.1. The van der Waals surface area contributed by atoms with Crippen LogP contribution in [-0.4, -0.2) is 40.4 Å². The average Bonchev–Trinajstić information content (AvgIpc) is 2.77. The molecule has 2 N–H and O–H groups in total. The Labute approximate surface area is 213 Å². The molecule has 0 radical (unpaired) electrons. The van der Waals surface area contributed by atoms with Gasteiger partial charge in [-0.1, -0.05) is 87.6 Å². The van der Waals surface area contributed by atoms with Crippen LogP contribution in [-0.2, 0) is 6.42 Å². The van der Waals surface area contributed by atoms with Gasteiger partial charge >= 0.3 is 0 Å². The van der Waals surface area contributed by atoms with Crippen molar-refractivity contribution in [3.05, 3.63) is 71.9 Å². The zero-order valence-corrected chi connectivity index (χ0v) is 22.4. The van der Waals surface area contributed by atoms with Crippen LogP contribution in [0, 0.1) is 0 Å². The van der Waals surface area contributed by atoms with Crippen molar-refractivity contribution in [2.75, 3.05) is 45.0 Å². The Morgan fingerprint density at radius 1 is 1.00 bits per heavy atom. The van der Waals surface area contributed by atoms with Crippen LogP contribution in [0.4, 0.5) is 17.2 Å². The van der Waals surface area contributed by atoms with E-state index in [0.717, 1.165) is 51.0 Å². The lowest BCUT2D eigenvalue weighted by atomic mass is 10.1. The SMILES string of the molecule is CNc1ncc(NC(=O)c2ccccccccc2)c(N(C)CCCCI)c1CCI. The molecule has 2 aromatic rings. The molecular formula is C24H30I2N4O. The third kappa shape index (κ3) is 8.10. The summed E-state index contributed by atoms with van der Waals surface area (Å²) in [6.45, 7) is 0.926. The molecule has 0 spiro atoms. The minimum atomic E-state index is -0.153. The van der Waals surface area contributed by atoms with Crippen molar-refractivity contribution in [2.24, 2.45) is 0 Å². The molecule has 0 saturated heterocycles. The number of unbranched alkanes of at least 4 members (excludes halogenated alkanes) is 1. The van der Waals surface area contributed by atoms with Gasteiger partial charge in [-0.2, -0.15) is 0 Å². The third-order valence-corrected chi connectivity index (χ3v) is 6.02. The molecular weight excluding hydrogens is 614 g/mol. The number of rotatable bonds is 10. The standard InChI is InChI=1S/C24H30I2N4O/c1-27-23-20(14-16-26)22(30(2)17-11-10-15-25)21(18-28-23)29-24(31)19-12-8-6-4-3-5-7-9-13-19/h3-9,12-13,18H,10-11,14-17H2,1-2H3,(H,27,28)(H,29,31). The molecule has 1 aromatic heterocycles. The smallest absolute Gasteiger partial charge is 0.255 e. The fraction of sp³-hybridized carbons (Fsp3) is 0.333. The number of anilines is 3. The van der Waals surface area contributed by atoms with Crippen molar-refractivity contribution in [1.82, 2.24) is 4.98 Å². The van der Waals surface area contributed by atoms with E-state index in [0.29, 0.717) is 5.56 Å². The molecule has 7 heteroatoms. The molecule has 2 rings (SSSR count). The fourth-order valence-electron chi connectivity index (χ4n) is 3.21. The number of amides is 1. The van der Waals surface area contributed by atoms with E-state index in [1.54, 1.807) is 6.20 Å². The van der Waals surface area contributed by atoms with E-state index in [4.69, 9.17) is 0 Å². The number of pyridine rings is 1. The number of hydrogen-bond acceptors (Lipinski definition) is 4. The van der Waals surface area contributed by atoms with Crippen LogP contribution in [0.15, 0.2) is 60.8 Å². The minimum absolute atomic E-state index is 0.153. The predicted molar refractivity (Wildman–Crippen MR) is 150 cm³/mol. The van der Waals surface area contributed by atoms with Gasteiger partial charge in [0, 0.05) is 36.2 Å². The summed E-state index contributed by atoms with van der Waals surface area (Å²) in [5.41, 5.74) is 3.50. The second kappa shape index (κ2) is 14.4. The van der Waals surface area contributed by atoms with Gasteiger partial charge in [-0.25, -0.2) is 4.98 Å². The summed E-state index contributed by atoms with van der Waals surface area (Å²) in [6.07, 6.45) is 4.91. The third-order valence-electron chi connectivity index (χ3n) is 4.72. The van der Waals surface area contributed by atoms with Crippen molar-refractivity contribution >= 4 is 68.3 Å². The number of aromatic nitrogens is 1. The second-order valence-electron chi connectivity index (χ2n) is 6.94. The lowest BCUT2D eigenvalue weighted by Gasteiger charge is -2.27. The van der Waals surface area contributed by atoms with Gasteiger partial charge in [0.2, 0.25) is 0 Å². The van der Waals surface area contributed by atoms with Crippen molar-refractivity contribution in [1.29, 1.82) is 0 Å². The van der Waals surface area contributed by atoms with E-state index >= 15 is 0 Å². The fourth-order valence-corrected chi connectivity index (χ4v) is 4.29. The highest BCUT2D eigenvalue weighted by Gasteiger charge is 2.19. The summed E-state index contributed by atoms with van der Waals surface area (Å²) in [5, 5.41) is 6.33. The topological polar surface area (TPSA) is 57.3 Å². The molecule has 0 fully saturated rings. The second-order valence-corrected chi connectivity index (χ2v) is 9.10. The molecule has 0 unspecified atom stereocenters. The number of alkyl halides is 2. The number of halogens is 2. The van der Waals surface area contributed by atoms with Crippen LogP contribution in [0.2, 0.25) is 0 Å². The summed E-state index contributed by atoms with van der Waals surface area (Å²) in [4.78, 5) is 20.0. The molecule has 31 heavy (non-hydrogen) atoms. The molecule has 1 aromatic carbocycles. The first-order chi connectivity index (χ1) is 15.1. The number of carbonyl (C=O) groups is 1. The Morgan fingerprint density at radius 2 is 1.65 bits per heavy atom. The number of hydrogen-bond donors (Lipinski definition) is 2. The molecule has 0 aliphatic carbocycles. The number of nitrogens with zero attached hydrogens (tertiary/aromatic N) is 2. The van der Waals surface area contributed by atoms with Crippen LogP contribution in [0.5, 0.6) is 0 Å². The normalized spacial score (nSPS) is 10.2. The van der Waals surface area contributed by atoms with Gasteiger partial charge in [0.1, 0.15) is 5.82 Å². The first-order valence-corrected chi connectivity index (χ1v) is 13.4. The van der Waals surface area contributed by atoms with Gasteiger partial charge in [0.25, 0.3) is 5.91 Å². The molecule has 0 saturated carbocycles.